The molecule has 6 heteroatoms. The van der Waals surface area contributed by atoms with Gasteiger partial charge < -0.3 is 10.6 Å². The Labute approximate surface area is 121 Å². The maximum Gasteiger partial charge on any atom is 0.393 e. The lowest BCUT2D eigenvalue weighted by molar-refractivity contribution is -0.186. The van der Waals surface area contributed by atoms with Crippen LogP contribution >= 0.6 is 0 Å². The van der Waals surface area contributed by atoms with Gasteiger partial charge >= 0.3 is 6.18 Å². The summed E-state index contributed by atoms with van der Waals surface area (Å²) in [6, 6.07) is 5.77. The Morgan fingerprint density at radius 1 is 1.29 bits per heavy atom. The summed E-state index contributed by atoms with van der Waals surface area (Å²) in [6.45, 7) is 1.13. The summed E-state index contributed by atoms with van der Waals surface area (Å²) >= 11 is 0. The van der Waals surface area contributed by atoms with Gasteiger partial charge in [-0.15, -0.1) is 0 Å². The molecule has 0 aromatic heterocycles. The SMILES string of the molecule is NC(CCN1CCCC(C(F)(F)F)C1)c1ccccc1F. The van der Waals surface area contributed by atoms with Gasteiger partial charge in [-0.1, -0.05) is 18.2 Å². The highest BCUT2D eigenvalue weighted by Gasteiger charge is 2.41. The fraction of sp³-hybridized carbons (Fsp3) is 0.600. The van der Waals surface area contributed by atoms with Crippen LogP contribution in [0.15, 0.2) is 24.3 Å². The summed E-state index contributed by atoms with van der Waals surface area (Å²) in [7, 11) is 0. The van der Waals surface area contributed by atoms with E-state index in [-0.39, 0.29) is 18.8 Å². The summed E-state index contributed by atoms with van der Waals surface area (Å²) in [6.07, 6.45) is -2.95. The lowest BCUT2D eigenvalue weighted by Crippen LogP contribution is -2.42. The van der Waals surface area contributed by atoms with Gasteiger partial charge in [-0.2, -0.15) is 13.2 Å². The van der Waals surface area contributed by atoms with E-state index < -0.39 is 18.1 Å². The Bertz CT molecular complexity index is 461. The number of hydrogen-bond acceptors (Lipinski definition) is 2. The van der Waals surface area contributed by atoms with E-state index in [1.165, 1.54) is 6.07 Å². The van der Waals surface area contributed by atoms with Crippen molar-refractivity contribution < 1.29 is 17.6 Å². The highest BCUT2D eigenvalue weighted by Crippen LogP contribution is 2.33. The third-order valence-electron chi connectivity index (χ3n) is 4.03. The van der Waals surface area contributed by atoms with Crippen molar-refractivity contribution in [2.24, 2.45) is 11.7 Å². The number of piperidine rings is 1. The van der Waals surface area contributed by atoms with Crippen molar-refractivity contribution in [3.8, 4) is 0 Å². The first kappa shape index (κ1) is 16.2. The molecule has 1 aliphatic rings. The molecule has 2 unspecified atom stereocenters. The van der Waals surface area contributed by atoms with Gasteiger partial charge in [0.1, 0.15) is 5.82 Å². The van der Waals surface area contributed by atoms with Crippen molar-refractivity contribution in [2.75, 3.05) is 19.6 Å². The number of nitrogens with zero attached hydrogens (tertiary/aromatic N) is 1. The molecule has 2 N–H and O–H groups in total. The molecule has 0 radical (unpaired) electrons. The van der Waals surface area contributed by atoms with Crippen LogP contribution in [0.3, 0.4) is 0 Å². The molecule has 1 heterocycles. The zero-order chi connectivity index (χ0) is 15.5. The maximum absolute atomic E-state index is 13.6. The zero-order valence-electron chi connectivity index (χ0n) is 11.7. The summed E-state index contributed by atoms with van der Waals surface area (Å²) in [5.74, 6) is -1.62. The highest BCUT2D eigenvalue weighted by molar-refractivity contribution is 5.20. The van der Waals surface area contributed by atoms with Gasteiger partial charge in [0.05, 0.1) is 5.92 Å². The standard InChI is InChI=1S/C15H20F4N2/c16-13-6-2-1-5-12(13)14(20)7-9-21-8-3-4-11(10-21)15(17,18)19/h1-2,5-6,11,14H,3-4,7-10,20H2. The molecular weight excluding hydrogens is 284 g/mol. The Balaban J connectivity index is 1.87. The molecule has 0 bridgehead atoms. The van der Waals surface area contributed by atoms with Crippen LogP contribution in [-0.4, -0.2) is 30.7 Å². The van der Waals surface area contributed by atoms with E-state index >= 15 is 0 Å². The van der Waals surface area contributed by atoms with Gasteiger partial charge in [0.2, 0.25) is 0 Å². The predicted molar refractivity (Wildman–Crippen MR) is 73.2 cm³/mol. The average molecular weight is 304 g/mol. The maximum atomic E-state index is 13.6. The molecule has 118 valence electrons. The van der Waals surface area contributed by atoms with Crippen LogP contribution in [0.5, 0.6) is 0 Å². The molecule has 1 aromatic rings. The van der Waals surface area contributed by atoms with E-state index in [9.17, 15) is 17.6 Å². The van der Waals surface area contributed by atoms with E-state index in [2.05, 4.69) is 0 Å². The third kappa shape index (κ3) is 4.41. The number of benzene rings is 1. The van der Waals surface area contributed by atoms with E-state index in [0.717, 1.165) is 0 Å². The molecule has 0 amide bonds. The van der Waals surface area contributed by atoms with Crippen LogP contribution in [0.4, 0.5) is 17.6 Å². The predicted octanol–water partition coefficient (Wildman–Crippen LogP) is 3.49. The molecule has 21 heavy (non-hydrogen) atoms. The second-order valence-electron chi connectivity index (χ2n) is 5.60. The third-order valence-corrected chi connectivity index (χ3v) is 4.03. The van der Waals surface area contributed by atoms with Crippen molar-refractivity contribution in [3.05, 3.63) is 35.6 Å². The van der Waals surface area contributed by atoms with Gasteiger partial charge in [0.25, 0.3) is 0 Å². The first-order valence-electron chi connectivity index (χ1n) is 7.17. The first-order chi connectivity index (χ1) is 9.88. The molecule has 1 aromatic carbocycles. The molecule has 1 aliphatic heterocycles. The Morgan fingerprint density at radius 2 is 2.00 bits per heavy atom. The van der Waals surface area contributed by atoms with Crippen molar-refractivity contribution in [2.45, 2.75) is 31.5 Å². The molecule has 1 saturated heterocycles. The number of alkyl halides is 3. The zero-order valence-corrected chi connectivity index (χ0v) is 11.7. The number of rotatable bonds is 4. The summed E-state index contributed by atoms with van der Waals surface area (Å²) in [5, 5.41) is 0. The number of hydrogen-bond donors (Lipinski definition) is 1. The van der Waals surface area contributed by atoms with E-state index in [1.54, 1.807) is 23.1 Å². The van der Waals surface area contributed by atoms with Gasteiger partial charge in [-0.05, 0) is 38.4 Å². The van der Waals surface area contributed by atoms with Crippen LogP contribution in [-0.2, 0) is 0 Å². The van der Waals surface area contributed by atoms with E-state index in [0.29, 0.717) is 31.5 Å². The summed E-state index contributed by atoms with van der Waals surface area (Å²) < 4.78 is 51.8. The normalized spacial score (nSPS) is 22.2. The van der Waals surface area contributed by atoms with Crippen molar-refractivity contribution in [1.29, 1.82) is 0 Å². The van der Waals surface area contributed by atoms with Gasteiger partial charge in [0, 0.05) is 18.2 Å². The van der Waals surface area contributed by atoms with Crippen LogP contribution in [0.25, 0.3) is 0 Å². The average Bonchev–Trinajstić information content (AvgIpc) is 2.45. The molecule has 0 aliphatic carbocycles. The first-order valence-corrected chi connectivity index (χ1v) is 7.17. The number of halogens is 4. The molecule has 2 nitrogen and oxygen atoms in total. The minimum absolute atomic E-state index is 0.0213. The molecular formula is C15H20F4N2. The molecule has 2 rings (SSSR count). The Morgan fingerprint density at radius 3 is 2.67 bits per heavy atom. The molecule has 2 atom stereocenters. The quantitative estimate of drug-likeness (QED) is 0.863. The molecule has 1 fully saturated rings. The minimum atomic E-state index is -4.13. The Kier molecular flexibility index (Phi) is 5.22. The largest absolute Gasteiger partial charge is 0.393 e. The number of nitrogens with two attached hydrogens (primary N) is 1. The minimum Gasteiger partial charge on any atom is -0.324 e. The van der Waals surface area contributed by atoms with Crippen LogP contribution < -0.4 is 5.73 Å². The van der Waals surface area contributed by atoms with Crippen molar-refractivity contribution >= 4 is 0 Å². The second kappa shape index (κ2) is 6.75. The fourth-order valence-corrected chi connectivity index (χ4v) is 2.78. The fourth-order valence-electron chi connectivity index (χ4n) is 2.78. The number of likely N-dealkylation sites (tertiary alicyclic amines) is 1. The monoisotopic (exact) mass is 304 g/mol. The second-order valence-corrected chi connectivity index (χ2v) is 5.60. The van der Waals surface area contributed by atoms with Crippen LogP contribution in [0.2, 0.25) is 0 Å². The summed E-state index contributed by atoms with van der Waals surface area (Å²) in [5.41, 5.74) is 6.36. The van der Waals surface area contributed by atoms with Gasteiger partial charge in [0.15, 0.2) is 0 Å². The van der Waals surface area contributed by atoms with Crippen LogP contribution in [0.1, 0.15) is 30.9 Å². The van der Waals surface area contributed by atoms with Crippen LogP contribution in [0, 0.1) is 11.7 Å². The van der Waals surface area contributed by atoms with Crippen molar-refractivity contribution in [1.82, 2.24) is 4.90 Å². The lowest BCUT2D eigenvalue weighted by Gasteiger charge is -2.34. The van der Waals surface area contributed by atoms with Gasteiger partial charge in [-0.25, -0.2) is 4.39 Å². The van der Waals surface area contributed by atoms with Crippen molar-refractivity contribution in [3.63, 3.8) is 0 Å². The molecule has 0 saturated carbocycles. The smallest absolute Gasteiger partial charge is 0.324 e. The van der Waals surface area contributed by atoms with E-state index in [1.807, 2.05) is 0 Å². The highest BCUT2D eigenvalue weighted by atomic mass is 19.4. The molecule has 0 spiro atoms. The topological polar surface area (TPSA) is 29.3 Å². The lowest BCUT2D eigenvalue weighted by atomic mass is 9.96. The Hall–Kier alpha value is -1.14. The van der Waals surface area contributed by atoms with E-state index in [4.69, 9.17) is 5.73 Å². The summed E-state index contributed by atoms with van der Waals surface area (Å²) in [4.78, 5) is 1.78. The van der Waals surface area contributed by atoms with Gasteiger partial charge in [-0.3, -0.25) is 0 Å².